The fourth-order valence-electron chi connectivity index (χ4n) is 3.59. The van der Waals surface area contributed by atoms with E-state index in [0.717, 1.165) is 36.6 Å². The van der Waals surface area contributed by atoms with Gasteiger partial charge in [0.2, 0.25) is 5.91 Å². The summed E-state index contributed by atoms with van der Waals surface area (Å²) in [5, 5.41) is 3.03. The molecule has 1 atom stereocenters. The Bertz CT molecular complexity index is 706. The van der Waals surface area contributed by atoms with E-state index in [2.05, 4.69) is 60.5 Å². The summed E-state index contributed by atoms with van der Waals surface area (Å²) < 4.78 is 0. The number of aryl methyl sites for hydroxylation is 1. The predicted molar refractivity (Wildman–Crippen MR) is 108 cm³/mol. The molecule has 2 aromatic rings. The molecule has 1 N–H and O–H groups in total. The van der Waals surface area contributed by atoms with Crippen molar-refractivity contribution in [2.45, 2.75) is 46.1 Å². The smallest absolute Gasteiger partial charge is 0.224 e. The Morgan fingerprint density at radius 1 is 1.04 bits per heavy atom. The minimum atomic E-state index is 0.0724. The first-order valence-corrected chi connectivity index (χ1v) is 9.82. The molecule has 3 nitrogen and oxygen atoms in total. The lowest BCUT2D eigenvalue weighted by Crippen LogP contribution is -2.34. The quantitative estimate of drug-likeness (QED) is 0.840. The Morgan fingerprint density at radius 2 is 1.69 bits per heavy atom. The van der Waals surface area contributed by atoms with Crippen molar-refractivity contribution in [3.05, 3.63) is 65.2 Å². The molecule has 0 radical (unpaired) electrons. The molecular weight excluding hydrogens is 320 g/mol. The molecule has 138 valence electrons. The molecule has 0 spiro atoms. The van der Waals surface area contributed by atoms with Gasteiger partial charge in [-0.1, -0.05) is 50.2 Å². The van der Waals surface area contributed by atoms with Crippen molar-refractivity contribution < 1.29 is 4.79 Å². The minimum absolute atomic E-state index is 0.0724. The average molecular weight is 351 g/mol. The van der Waals surface area contributed by atoms with Gasteiger partial charge in [0.1, 0.15) is 0 Å². The molecule has 3 rings (SSSR count). The van der Waals surface area contributed by atoms with E-state index >= 15 is 0 Å². The van der Waals surface area contributed by atoms with Crippen LogP contribution in [0, 0.1) is 5.92 Å². The number of anilines is 1. The summed E-state index contributed by atoms with van der Waals surface area (Å²) in [4.78, 5) is 14.6. The number of carbonyl (C=O) groups is 1. The number of amides is 1. The van der Waals surface area contributed by atoms with E-state index < -0.39 is 0 Å². The summed E-state index contributed by atoms with van der Waals surface area (Å²) in [6.45, 7) is 7.34. The SMILES string of the molecule is CCc1ccc(CC(=O)NCc2ccc(N3CCC[C@@H](C)C3)cc2)cc1. The Balaban J connectivity index is 1.48. The standard InChI is InChI=1S/C23H30N2O/c1-3-19-6-8-20(9-7-19)15-23(26)24-16-21-10-12-22(13-11-21)25-14-4-5-18(2)17-25/h6-13,18H,3-5,14-17H2,1-2H3,(H,24,26)/t18-/m1/s1. The second kappa shape index (κ2) is 8.88. The van der Waals surface area contributed by atoms with Gasteiger partial charge in [0.25, 0.3) is 0 Å². The van der Waals surface area contributed by atoms with Crippen LogP contribution >= 0.6 is 0 Å². The maximum Gasteiger partial charge on any atom is 0.224 e. The third-order valence-electron chi connectivity index (χ3n) is 5.24. The van der Waals surface area contributed by atoms with Crippen molar-refractivity contribution in [3.8, 4) is 0 Å². The molecule has 1 aliphatic heterocycles. The second-order valence-electron chi connectivity index (χ2n) is 7.48. The van der Waals surface area contributed by atoms with E-state index in [1.54, 1.807) is 0 Å². The highest BCUT2D eigenvalue weighted by molar-refractivity contribution is 5.78. The zero-order valence-electron chi connectivity index (χ0n) is 16.0. The highest BCUT2D eigenvalue weighted by Gasteiger charge is 2.16. The van der Waals surface area contributed by atoms with Gasteiger partial charge in [0.15, 0.2) is 0 Å². The highest BCUT2D eigenvalue weighted by atomic mass is 16.1. The summed E-state index contributed by atoms with van der Waals surface area (Å²) in [7, 11) is 0. The summed E-state index contributed by atoms with van der Waals surface area (Å²) in [6.07, 6.45) is 4.08. The van der Waals surface area contributed by atoms with Crippen LogP contribution in [0.1, 0.15) is 43.4 Å². The fraction of sp³-hybridized carbons (Fsp3) is 0.435. The van der Waals surface area contributed by atoms with Crippen molar-refractivity contribution in [1.29, 1.82) is 0 Å². The van der Waals surface area contributed by atoms with Crippen molar-refractivity contribution >= 4 is 11.6 Å². The van der Waals surface area contributed by atoms with Crippen LogP contribution in [0.25, 0.3) is 0 Å². The molecule has 1 heterocycles. The predicted octanol–water partition coefficient (Wildman–Crippen LogP) is 4.34. The fourth-order valence-corrected chi connectivity index (χ4v) is 3.59. The molecular formula is C23H30N2O. The van der Waals surface area contributed by atoms with Crippen molar-refractivity contribution in [3.63, 3.8) is 0 Å². The Hall–Kier alpha value is -2.29. The van der Waals surface area contributed by atoms with Crippen molar-refractivity contribution in [1.82, 2.24) is 5.32 Å². The number of piperidine rings is 1. The number of hydrogen-bond donors (Lipinski definition) is 1. The first-order valence-electron chi connectivity index (χ1n) is 9.82. The zero-order valence-corrected chi connectivity index (χ0v) is 16.0. The molecule has 0 aliphatic carbocycles. The molecule has 26 heavy (non-hydrogen) atoms. The van der Waals surface area contributed by atoms with Crippen LogP contribution in [-0.4, -0.2) is 19.0 Å². The molecule has 0 aromatic heterocycles. The minimum Gasteiger partial charge on any atom is -0.371 e. The number of nitrogens with zero attached hydrogens (tertiary/aromatic N) is 1. The van der Waals surface area contributed by atoms with Gasteiger partial charge in [-0.15, -0.1) is 0 Å². The Labute approximate surface area is 157 Å². The van der Waals surface area contributed by atoms with Crippen LogP contribution < -0.4 is 10.2 Å². The normalized spacial score (nSPS) is 17.2. The number of nitrogens with one attached hydrogen (secondary N) is 1. The summed E-state index contributed by atoms with van der Waals surface area (Å²) >= 11 is 0. The van der Waals surface area contributed by atoms with Crippen molar-refractivity contribution in [2.24, 2.45) is 5.92 Å². The van der Waals surface area contributed by atoms with Gasteiger partial charge in [-0.2, -0.15) is 0 Å². The summed E-state index contributed by atoms with van der Waals surface area (Å²) in [5.41, 5.74) is 4.81. The third kappa shape index (κ3) is 5.10. The van der Waals surface area contributed by atoms with Gasteiger partial charge in [-0.25, -0.2) is 0 Å². The highest BCUT2D eigenvalue weighted by Crippen LogP contribution is 2.23. The largest absolute Gasteiger partial charge is 0.371 e. The first-order chi connectivity index (χ1) is 12.6. The zero-order chi connectivity index (χ0) is 18.4. The van der Waals surface area contributed by atoms with Crippen LogP contribution in [0.15, 0.2) is 48.5 Å². The molecule has 0 bridgehead atoms. The van der Waals surface area contributed by atoms with Crippen LogP contribution in [0.2, 0.25) is 0 Å². The third-order valence-corrected chi connectivity index (χ3v) is 5.24. The monoisotopic (exact) mass is 350 g/mol. The number of hydrogen-bond acceptors (Lipinski definition) is 2. The molecule has 3 heteroatoms. The molecule has 2 aromatic carbocycles. The van der Waals surface area contributed by atoms with Crippen molar-refractivity contribution in [2.75, 3.05) is 18.0 Å². The lowest BCUT2D eigenvalue weighted by atomic mass is 9.99. The van der Waals surface area contributed by atoms with E-state index in [9.17, 15) is 4.79 Å². The van der Waals surface area contributed by atoms with Gasteiger partial charge < -0.3 is 10.2 Å². The van der Waals surface area contributed by atoms with Gasteiger partial charge >= 0.3 is 0 Å². The Kier molecular flexibility index (Phi) is 6.32. The van der Waals surface area contributed by atoms with E-state index in [1.807, 2.05) is 12.1 Å². The number of rotatable bonds is 6. The maximum absolute atomic E-state index is 12.2. The van der Waals surface area contributed by atoms with Crippen LogP contribution in [0.5, 0.6) is 0 Å². The maximum atomic E-state index is 12.2. The number of benzene rings is 2. The topological polar surface area (TPSA) is 32.3 Å². The molecule has 1 saturated heterocycles. The van der Waals surface area contributed by atoms with Crippen LogP contribution in [-0.2, 0) is 24.2 Å². The summed E-state index contributed by atoms with van der Waals surface area (Å²) in [5.74, 6) is 0.845. The van der Waals surface area contributed by atoms with E-state index in [-0.39, 0.29) is 5.91 Å². The second-order valence-corrected chi connectivity index (χ2v) is 7.48. The summed E-state index contributed by atoms with van der Waals surface area (Å²) in [6, 6.07) is 16.9. The van der Waals surface area contributed by atoms with Gasteiger partial charge in [-0.05, 0) is 54.0 Å². The van der Waals surface area contributed by atoms with Crippen LogP contribution in [0.4, 0.5) is 5.69 Å². The lowest BCUT2D eigenvalue weighted by Gasteiger charge is -2.32. The van der Waals surface area contributed by atoms with Gasteiger partial charge in [0, 0.05) is 25.3 Å². The van der Waals surface area contributed by atoms with Crippen LogP contribution in [0.3, 0.4) is 0 Å². The lowest BCUT2D eigenvalue weighted by molar-refractivity contribution is -0.120. The van der Waals surface area contributed by atoms with Gasteiger partial charge in [-0.3, -0.25) is 4.79 Å². The van der Waals surface area contributed by atoms with Gasteiger partial charge in [0.05, 0.1) is 6.42 Å². The Morgan fingerprint density at radius 3 is 2.35 bits per heavy atom. The van der Waals surface area contributed by atoms with E-state index in [1.165, 1.54) is 24.1 Å². The van der Waals surface area contributed by atoms with E-state index in [0.29, 0.717) is 13.0 Å². The first kappa shape index (κ1) is 18.5. The number of carbonyl (C=O) groups excluding carboxylic acids is 1. The van der Waals surface area contributed by atoms with E-state index in [4.69, 9.17) is 0 Å². The molecule has 1 aliphatic rings. The molecule has 0 unspecified atom stereocenters. The molecule has 0 saturated carbocycles. The molecule has 1 fully saturated rings. The molecule has 1 amide bonds. The average Bonchev–Trinajstić information content (AvgIpc) is 2.67.